The number of aromatic nitrogens is 3. The number of rotatable bonds is 7. The van der Waals surface area contributed by atoms with Crippen LogP contribution in [0.5, 0.6) is 5.75 Å². The van der Waals surface area contributed by atoms with Crippen molar-refractivity contribution in [2.45, 2.75) is 26.3 Å². The topological polar surface area (TPSA) is 75.8 Å². The summed E-state index contributed by atoms with van der Waals surface area (Å²) in [5, 5.41) is 15.1. The smallest absolute Gasteiger partial charge is 0.191 e. The Morgan fingerprint density at radius 3 is 2.71 bits per heavy atom. The van der Waals surface area contributed by atoms with Crippen molar-refractivity contribution >= 4 is 35.6 Å². The minimum atomic E-state index is 0. The summed E-state index contributed by atoms with van der Waals surface area (Å²) in [4.78, 5) is 4.65. The molecule has 7 nitrogen and oxygen atoms in total. The molecule has 0 bridgehead atoms. The summed E-state index contributed by atoms with van der Waals surface area (Å²) in [5.41, 5.74) is 2.00. The second-order valence-corrected chi connectivity index (χ2v) is 6.26. The fraction of sp³-hybridized carbons (Fsp3) is 0.350. The van der Waals surface area contributed by atoms with Crippen molar-refractivity contribution < 1.29 is 4.74 Å². The number of nitrogens with one attached hydrogen (secondary N) is 2. The summed E-state index contributed by atoms with van der Waals surface area (Å²) in [6.07, 6.45) is 1.95. The number of methoxy groups -OCH3 is 1. The second-order valence-electron chi connectivity index (χ2n) is 6.26. The van der Waals surface area contributed by atoms with Gasteiger partial charge in [-0.05, 0) is 30.7 Å². The molecule has 0 aliphatic carbocycles. The Bertz CT molecular complexity index is 910. The van der Waals surface area contributed by atoms with Gasteiger partial charge < -0.3 is 15.4 Å². The van der Waals surface area contributed by atoms with Crippen LogP contribution >= 0.6 is 24.0 Å². The molecular formula is C20H27IN6O. The van der Waals surface area contributed by atoms with E-state index in [0.29, 0.717) is 6.54 Å². The summed E-state index contributed by atoms with van der Waals surface area (Å²) in [6.45, 7) is 6.19. The van der Waals surface area contributed by atoms with Crippen LogP contribution in [-0.2, 0) is 6.54 Å². The third-order valence-corrected chi connectivity index (χ3v) is 4.35. The SMILES string of the molecule is CCNC(=NCc1nnc2ccccn12)NCC(C)c1ccccc1OC.I. The van der Waals surface area contributed by atoms with E-state index in [1.165, 1.54) is 5.56 Å². The summed E-state index contributed by atoms with van der Waals surface area (Å²) >= 11 is 0. The number of fused-ring (bicyclic) bond motifs is 1. The lowest BCUT2D eigenvalue weighted by Crippen LogP contribution is -2.39. The average Bonchev–Trinajstić information content (AvgIpc) is 3.13. The normalized spacial score (nSPS) is 12.3. The maximum Gasteiger partial charge on any atom is 0.191 e. The van der Waals surface area contributed by atoms with Crippen molar-refractivity contribution in [3.8, 4) is 5.75 Å². The van der Waals surface area contributed by atoms with Crippen molar-refractivity contribution in [3.05, 3.63) is 60.0 Å². The third kappa shape index (κ3) is 5.34. The van der Waals surface area contributed by atoms with Gasteiger partial charge in [-0.2, -0.15) is 0 Å². The highest BCUT2D eigenvalue weighted by molar-refractivity contribution is 14.0. The van der Waals surface area contributed by atoms with Crippen molar-refractivity contribution in [3.63, 3.8) is 0 Å². The van der Waals surface area contributed by atoms with Gasteiger partial charge in [-0.3, -0.25) is 4.40 Å². The number of pyridine rings is 1. The first-order valence-corrected chi connectivity index (χ1v) is 9.16. The Labute approximate surface area is 182 Å². The molecule has 1 aromatic carbocycles. The molecule has 2 heterocycles. The number of hydrogen-bond donors (Lipinski definition) is 2. The highest BCUT2D eigenvalue weighted by atomic mass is 127. The first-order valence-electron chi connectivity index (χ1n) is 9.16. The lowest BCUT2D eigenvalue weighted by atomic mass is 10.0. The number of ether oxygens (including phenoxy) is 1. The number of halogens is 1. The van der Waals surface area contributed by atoms with Crippen molar-refractivity contribution in [2.75, 3.05) is 20.2 Å². The lowest BCUT2D eigenvalue weighted by Gasteiger charge is -2.18. The molecular weight excluding hydrogens is 467 g/mol. The number of nitrogens with zero attached hydrogens (tertiary/aromatic N) is 4. The Balaban J connectivity index is 0.00000280. The number of aliphatic imine (C=N–C) groups is 1. The molecule has 0 aliphatic heterocycles. The second kappa shape index (κ2) is 10.8. The standard InChI is InChI=1S/C20H26N6O.HI/c1-4-21-20(22-13-15(2)16-9-5-6-10-17(16)27-3)23-14-19-25-24-18-11-7-8-12-26(18)19;/h5-12,15H,4,13-14H2,1-3H3,(H2,21,22,23);1H. The van der Waals surface area contributed by atoms with Gasteiger partial charge in [-0.25, -0.2) is 4.99 Å². The van der Waals surface area contributed by atoms with Crippen LogP contribution in [0.15, 0.2) is 53.7 Å². The van der Waals surface area contributed by atoms with Gasteiger partial charge in [0.2, 0.25) is 0 Å². The number of benzene rings is 1. The fourth-order valence-corrected chi connectivity index (χ4v) is 2.92. The van der Waals surface area contributed by atoms with Crippen molar-refractivity contribution in [2.24, 2.45) is 4.99 Å². The van der Waals surface area contributed by atoms with Crippen LogP contribution in [0.1, 0.15) is 31.2 Å². The molecule has 8 heteroatoms. The molecule has 2 N–H and O–H groups in total. The van der Waals surface area contributed by atoms with E-state index in [2.05, 4.69) is 38.8 Å². The van der Waals surface area contributed by atoms with Crippen LogP contribution in [0.4, 0.5) is 0 Å². The Kier molecular flexibility index (Phi) is 8.49. The summed E-state index contributed by atoms with van der Waals surface area (Å²) in [7, 11) is 1.70. The summed E-state index contributed by atoms with van der Waals surface area (Å²) in [6, 6.07) is 13.9. The monoisotopic (exact) mass is 494 g/mol. The average molecular weight is 494 g/mol. The molecule has 0 saturated carbocycles. The maximum atomic E-state index is 5.47. The van der Waals surface area contributed by atoms with Crippen LogP contribution in [0.25, 0.3) is 5.65 Å². The molecule has 3 aromatic rings. The van der Waals surface area contributed by atoms with E-state index in [1.54, 1.807) is 7.11 Å². The lowest BCUT2D eigenvalue weighted by molar-refractivity contribution is 0.406. The molecule has 0 fully saturated rings. The Morgan fingerprint density at radius 2 is 1.93 bits per heavy atom. The van der Waals surface area contributed by atoms with Gasteiger partial charge in [0.05, 0.1) is 7.11 Å². The molecule has 0 aliphatic rings. The van der Waals surface area contributed by atoms with Crippen molar-refractivity contribution in [1.29, 1.82) is 0 Å². The zero-order valence-corrected chi connectivity index (χ0v) is 18.8. The molecule has 0 spiro atoms. The van der Waals surface area contributed by atoms with Gasteiger partial charge in [-0.15, -0.1) is 34.2 Å². The molecule has 0 amide bonds. The van der Waals surface area contributed by atoms with E-state index in [4.69, 9.17) is 4.74 Å². The molecule has 1 unspecified atom stereocenters. The van der Waals surface area contributed by atoms with Crippen LogP contribution in [-0.4, -0.2) is 40.8 Å². The Hall–Kier alpha value is -2.36. The molecule has 3 rings (SSSR count). The maximum absolute atomic E-state index is 5.47. The third-order valence-electron chi connectivity index (χ3n) is 4.35. The van der Waals surface area contributed by atoms with E-state index in [-0.39, 0.29) is 29.9 Å². The molecule has 1 atom stereocenters. The first-order chi connectivity index (χ1) is 13.2. The molecule has 0 saturated heterocycles. The van der Waals surface area contributed by atoms with E-state index < -0.39 is 0 Å². The van der Waals surface area contributed by atoms with Crippen molar-refractivity contribution in [1.82, 2.24) is 25.2 Å². The molecule has 2 aromatic heterocycles. The number of hydrogen-bond acceptors (Lipinski definition) is 4. The van der Waals surface area contributed by atoms with Gasteiger partial charge in [0.25, 0.3) is 0 Å². The minimum Gasteiger partial charge on any atom is -0.496 e. The summed E-state index contributed by atoms with van der Waals surface area (Å²) < 4.78 is 7.42. The number of para-hydroxylation sites is 1. The van der Waals surface area contributed by atoms with Crippen LogP contribution in [0, 0.1) is 0 Å². The molecule has 28 heavy (non-hydrogen) atoms. The zero-order valence-electron chi connectivity index (χ0n) is 16.4. The minimum absolute atomic E-state index is 0. The van der Waals surface area contributed by atoms with Gasteiger partial charge in [0, 0.05) is 25.2 Å². The highest BCUT2D eigenvalue weighted by Gasteiger charge is 2.12. The van der Waals surface area contributed by atoms with Gasteiger partial charge in [0.15, 0.2) is 17.4 Å². The van der Waals surface area contributed by atoms with Gasteiger partial charge in [0.1, 0.15) is 12.3 Å². The predicted molar refractivity (Wildman–Crippen MR) is 123 cm³/mol. The zero-order chi connectivity index (χ0) is 19.1. The fourth-order valence-electron chi connectivity index (χ4n) is 2.92. The molecule has 0 radical (unpaired) electrons. The van der Waals surface area contributed by atoms with E-state index in [0.717, 1.165) is 36.3 Å². The van der Waals surface area contributed by atoms with Crippen LogP contribution in [0.3, 0.4) is 0 Å². The predicted octanol–water partition coefficient (Wildman–Crippen LogP) is 3.21. The number of guanidine groups is 1. The van der Waals surface area contributed by atoms with Gasteiger partial charge >= 0.3 is 0 Å². The van der Waals surface area contributed by atoms with E-state index in [1.807, 2.05) is 53.9 Å². The highest BCUT2D eigenvalue weighted by Crippen LogP contribution is 2.25. The first kappa shape index (κ1) is 21.9. The summed E-state index contributed by atoms with van der Waals surface area (Å²) in [5.74, 6) is 2.75. The van der Waals surface area contributed by atoms with E-state index >= 15 is 0 Å². The largest absolute Gasteiger partial charge is 0.496 e. The van der Waals surface area contributed by atoms with Crippen LogP contribution < -0.4 is 15.4 Å². The quantitative estimate of drug-likeness (QED) is 0.300. The Morgan fingerprint density at radius 1 is 1.14 bits per heavy atom. The van der Waals surface area contributed by atoms with Gasteiger partial charge in [-0.1, -0.05) is 31.2 Å². The van der Waals surface area contributed by atoms with Crippen LogP contribution in [0.2, 0.25) is 0 Å². The molecule has 150 valence electrons. The van der Waals surface area contributed by atoms with E-state index in [9.17, 15) is 0 Å².